The Bertz CT molecular complexity index is 518. The lowest BCUT2D eigenvalue weighted by atomic mass is 10.2. The molecule has 2 aromatic rings. The maximum Gasteiger partial charge on any atom is 0.122 e. The van der Waals surface area contributed by atoms with Crippen molar-refractivity contribution in [1.82, 2.24) is 14.5 Å². The van der Waals surface area contributed by atoms with Crippen LogP contribution in [0.5, 0.6) is 0 Å². The minimum Gasteiger partial charge on any atom is -0.388 e. The summed E-state index contributed by atoms with van der Waals surface area (Å²) >= 11 is 4.89. The maximum atomic E-state index is 5.54. The lowest BCUT2D eigenvalue weighted by Crippen LogP contribution is -2.12. The van der Waals surface area contributed by atoms with E-state index in [9.17, 15) is 0 Å². The van der Waals surface area contributed by atoms with Crippen LogP contribution in [0.15, 0.2) is 30.7 Å². The van der Waals surface area contributed by atoms with Gasteiger partial charge in [-0.3, -0.25) is 4.98 Å². The van der Waals surface area contributed by atoms with Gasteiger partial charge >= 0.3 is 0 Å². The van der Waals surface area contributed by atoms with Gasteiger partial charge in [0.1, 0.15) is 10.8 Å². The smallest absolute Gasteiger partial charge is 0.122 e. The Morgan fingerprint density at radius 2 is 2.25 bits per heavy atom. The summed E-state index contributed by atoms with van der Waals surface area (Å²) in [4.78, 5) is 8.59. The van der Waals surface area contributed by atoms with E-state index in [0.717, 1.165) is 17.9 Å². The molecule has 2 N–H and O–H groups in total. The summed E-state index contributed by atoms with van der Waals surface area (Å²) in [6, 6.07) is 3.85. The number of aromatic nitrogens is 3. The van der Waals surface area contributed by atoms with Crippen LogP contribution in [-0.2, 0) is 6.54 Å². The first-order valence-electron chi connectivity index (χ1n) is 4.89. The largest absolute Gasteiger partial charge is 0.388 e. The van der Waals surface area contributed by atoms with Crippen LogP contribution in [0.3, 0.4) is 0 Å². The summed E-state index contributed by atoms with van der Waals surface area (Å²) in [6.45, 7) is 2.72. The van der Waals surface area contributed by atoms with E-state index in [1.54, 1.807) is 12.4 Å². The highest BCUT2D eigenvalue weighted by Gasteiger charge is 2.02. The average Bonchev–Trinajstić information content (AvgIpc) is 2.65. The predicted octanol–water partition coefficient (Wildman–Crippen LogP) is 1.27. The van der Waals surface area contributed by atoms with E-state index in [2.05, 4.69) is 14.5 Å². The van der Waals surface area contributed by atoms with Gasteiger partial charge in [0.2, 0.25) is 0 Å². The highest BCUT2D eigenvalue weighted by atomic mass is 32.1. The second kappa shape index (κ2) is 4.40. The molecule has 0 bridgehead atoms. The lowest BCUT2D eigenvalue weighted by Gasteiger charge is -2.06. The fourth-order valence-corrected chi connectivity index (χ4v) is 1.59. The predicted molar refractivity (Wildman–Crippen MR) is 66.2 cm³/mol. The summed E-state index contributed by atoms with van der Waals surface area (Å²) in [5.74, 6) is 0.980. The van der Waals surface area contributed by atoms with E-state index in [1.165, 1.54) is 0 Å². The average molecular weight is 232 g/mol. The van der Waals surface area contributed by atoms with E-state index in [4.69, 9.17) is 18.0 Å². The van der Waals surface area contributed by atoms with Crippen molar-refractivity contribution in [2.75, 3.05) is 0 Å². The molecule has 0 saturated heterocycles. The number of rotatable bonds is 3. The zero-order chi connectivity index (χ0) is 11.5. The molecule has 0 aliphatic rings. The van der Waals surface area contributed by atoms with E-state index in [0.29, 0.717) is 10.7 Å². The summed E-state index contributed by atoms with van der Waals surface area (Å²) in [7, 11) is 0. The first kappa shape index (κ1) is 10.8. The standard InChI is InChI=1S/C11H12N4S/c1-8-13-4-5-15(8)7-9-2-3-14-10(6-9)11(12)16/h2-6H,7H2,1H3,(H2,12,16). The van der Waals surface area contributed by atoms with Crippen molar-refractivity contribution in [1.29, 1.82) is 0 Å². The molecule has 0 atom stereocenters. The minimum atomic E-state index is 0.323. The third kappa shape index (κ3) is 2.25. The molecule has 2 heterocycles. The third-order valence-corrected chi connectivity index (χ3v) is 2.56. The summed E-state index contributed by atoms with van der Waals surface area (Å²) in [6.07, 6.45) is 5.44. The fraction of sp³-hybridized carbons (Fsp3) is 0.182. The van der Waals surface area contributed by atoms with Crippen LogP contribution in [0.1, 0.15) is 17.1 Å². The molecule has 16 heavy (non-hydrogen) atoms. The van der Waals surface area contributed by atoms with Crippen LogP contribution in [0, 0.1) is 6.92 Å². The molecule has 0 aliphatic carbocycles. The minimum absolute atomic E-state index is 0.323. The molecule has 0 unspecified atom stereocenters. The number of nitrogens with zero attached hydrogens (tertiary/aromatic N) is 3. The maximum absolute atomic E-state index is 5.54. The van der Waals surface area contributed by atoms with Crippen molar-refractivity contribution >= 4 is 17.2 Å². The van der Waals surface area contributed by atoms with Gasteiger partial charge in [0, 0.05) is 25.1 Å². The van der Waals surface area contributed by atoms with Crippen LogP contribution in [0.2, 0.25) is 0 Å². The Hall–Kier alpha value is -1.75. The molecule has 0 aliphatic heterocycles. The van der Waals surface area contributed by atoms with Crippen LogP contribution in [-0.4, -0.2) is 19.5 Å². The Morgan fingerprint density at radius 1 is 1.44 bits per heavy atom. The molecule has 2 aromatic heterocycles. The van der Waals surface area contributed by atoms with E-state index in [1.807, 2.05) is 25.3 Å². The van der Waals surface area contributed by atoms with Crippen LogP contribution in [0.25, 0.3) is 0 Å². The normalized spacial score (nSPS) is 10.3. The molecule has 0 fully saturated rings. The van der Waals surface area contributed by atoms with Gasteiger partial charge in [0.15, 0.2) is 0 Å². The number of thiocarbonyl (C=S) groups is 1. The van der Waals surface area contributed by atoms with Crippen molar-refractivity contribution in [2.24, 2.45) is 5.73 Å². The van der Waals surface area contributed by atoms with Crippen molar-refractivity contribution in [2.45, 2.75) is 13.5 Å². The molecule has 0 amide bonds. The number of aryl methyl sites for hydroxylation is 1. The number of imidazole rings is 1. The molecule has 0 radical (unpaired) electrons. The highest BCUT2D eigenvalue weighted by Crippen LogP contribution is 2.06. The second-order valence-electron chi connectivity index (χ2n) is 3.52. The van der Waals surface area contributed by atoms with Crippen LogP contribution in [0.4, 0.5) is 0 Å². The molecule has 2 rings (SSSR count). The van der Waals surface area contributed by atoms with Crippen molar-refractivity contribution in [3.8, 4) is 0 Å². The molecule has 5 heteroatoms. The zero-order valence-corrected chi connectivity index (χ0v) is 9.74. The quantitative estimate of drug-likeness (QED) is 0.810. The Kier molecular flexibility index (Phi) is 2.96. The van der Waals surface area contributed by atoms with Gasteiger partial charge in [-0.2, -0.15) is 0 Å². The fourth-order valence-electron chi connectivity index (χ4n) is 1.47. The highest BCUT2D eigenvalue weighted by molar-refractivity contribution is 7.80. The monoisotopic (exact) mass is 232 g/mol. The van der Waals surface area contributed by atoms with Gasteiger partial charge in [0.05, 0.1) is 5.69 Å². The van der Waals surface area contributed by atoms with Crippen LogP contribution >= 0.6 is 12.2 Å². The van der Waals surface area contributed by atoms with Crippen molar-refractivity contribution in [3.63, 3.8) is 0 Å². The number of nitrogens with two attached hydrogens (primary N) is 1. The Labute approximate surface area is 99.1 Å². The first-order valence-corrected chi connectivity index (χ1v) is 5.30. The molecule has 4 nitrogen and oxygen atoms in total. The number of pyridine rings is 1. The Morgan fingerprint density at radius 3 is 2.88 bits per heavy atom. The Balaban J connectivity index is 2.25. The summed E-state index contributed by atoms with van der Waals surface area (Å²) in [5, 5.41) is 0. The van der Waals surface area contributed by atoms with E-state index in [-0.39, 0.29) is 0 Å². The molecule has 0 aromatic carbocycles. The van der Waals surface area contributed by atoms with Gasteiger partial charge < -0.3 is 10.3 Å². The number of hydrogen-bond acceptors (Lipinski definition) is 3. The van der Waals surface area contributed by atoms with Gasteiger partial charge in [-0.15, -0.1) is 0 Å². The lowest BCUT2D eigenvalue weighted by molar-refractivity contribution is 0.760. The molecule has 82 valence electrons. The molecule has 0 saturated carbocycles. The van der Waals surface area contributed by atoms with Gasteiger partial charge in [-0.25, -0.2) is 4.98 Å². The summed E-state index contributed by atoms with van der Waals surface area (Å²) in [5.41, 5.74) is 7.30. The number of hydrogen-bond donors (Lipinski definition) is 1. The van der Waals surface area contributed by atoms with Crippen LogP contribution < -0.4 is 5.73 Å². The first-order chi connectivity index (χ1) is 7.66. The van der Waals surface area contributed by atoms with E-state index < -0.39 is 0 Å². The van der Waals surface area contributed by atoms with Crippen molar-refractivity contribution in [3.05, 3.63) is 47.8 Å². The molecular weight excluding hydrogens is 220 g/mol. The molecular formula is C11H12N4S. The third-order valence-electron chi connectivity index (χ3n) is 2.35. The van der Waals surface area contributed by atoms with Gasteiger partial charge in [0.25, 0.3) is 0 Å². The van der Waals surface area contributed by atoms with Gasteiger partial charge in [-0.1, -0.05) is 12.2 Å². The summed E-state index contributed by atoms with van der Waals surface area (Å²) < 4.78 is 2.05. The van der Waals surface area contributed by atoms with Crippen molar-refractivity contribution < 1.29 is 0 Å². The second-order valence-corrected chi connectivity index (χ2v) is 3.96. The molecule has 0 spiro atoms. The topological polar surface area (TPSA) is 56.7 Å². The zero-order valence-electron chi connectivity index (χ0n) is 8.92. The van der Waals surface area contributed by atoms with E-state index >= 15 is 0 Å². The van der Waals surface area contributed by atoms with Gasteiger partial charge in [-0.05, 0) is 24.6 Å². The SMILES string of the molecule is Cc1nccn1Cc1ccnc(C(N)=S)c1.